The molecule has 1 aliphatic heterocycles. The van der Waals surface area contributed by atoms with E-state index < -0.39 is 0 Å². The Kier molecular flexibility index (Phi) is 3.25. The van der Waals surface area contributed by atoms with Gasteiger partial charge in [-0.1, -0.05) is 18.2 Å². The number of nitrogens with one attached hydrogen (secondary N) is 1. The third kappa shape index (κ3) is 1.95. The minimum atomic E-state index is 0.207. The zero-order valence-corrected chi connectivity index (χ0v) is 9.86. The summed E-state index contributed by atoms with van der Waals surface area (Å²) in [6.45, 7) is 2.90. The maximum Gasteiger partial charge on any atom is 0.227 e. The molecule has 0 saturated carbocycles. The molecule has 1 N–H and O–H groups in total. The van der Waals surface area contributed by atoms with E-state index in [1.165, 1.54) is 5.56 Å². The van der Waals surface area contributed by atoms with E-state index in [9.17, 15) is 4.79 Å². The Morgan fingerprint density at radius 2 is 2.12 bits per heavy atom. The molecule has 1 atom stereocenters. The standard InChI is InChI=1S/C13H18N2O/c1-10(9-14-2)15-12-6-4-3-5-11(12)7-8-13(15)16/h3-6,10,14H,7-9H2,1-2H3. The van der Waals surface area contributed by atoms with Crippen LogP contribution in [0.5, 0.6) is 0 Å². The number of fused-ring (bicyclic) bond motifs is 1. The summed E-state index contributed by atoms with van der Waals surface area (Å²) in [4.78, 5) is 13.9. The van der Waals surface area contributed by atoms with Crippen LogP contribution in [-0.4, -0.2) is 25.5 Å². The summed E-state index contributed by atoms with van der Waals surface area (Å²) >= 11 is 0. The van der Waals surface area contributed by atoms with Gasteiger partial charge in [-0.3, -0.25) is 4.79 Å². The van der Waals surface area contributed by atoms with Crippen molar-refractivity contribution in [2.45, 2.75) is 25.8 Å². The Morgan fingerprint density at radius 3 is 2.88 bits per heavy atom. The molecule has 1 unspecified atom stereocenters. The van der Waals surface area contributed by atoms with Gasteiger partial charge in [0.25, 0.3) is 0 Å². The van der Waals surface area contributed by atoms with Crippen LogP contribution in [0.1, 0.15) is 18.9 Å². The number of amides is 1. The largest absolute Gasteiger partial charge is 0.318 e. The number of hydrogen-bond acceptors (Lipinski definition) is 2. The molecule has 0 bridgehead atoms. The first kappa shape index (κ1) is 11.1. The Hall–Kier alpha value is -1.35. The van der Waals surface area contributed by atoms with E-state index in [1.54, 1.807) is 0 Å². The van der Waals surface area contributed by atoms with Gasteiger partial charge in [0.2, 0.25) is 5.91 Å². The van der Waals surface area contributed by atoms with Crippen LogP contribution in [0.2, 0.25) is 0 Å². The molecule has 0 saturated heterocycles. The molecule has 1 aromatic carbocycles. The third-order valence-electron chi connectivity index (χ3n) is 3.07. The van der Waals surface area contributed by atoms with Crippen molar-refractivity contribution in [1.29, 1.82) is 0 Å². The van der Waals surface area contributed by atoms with Crippen LogP contribution in [0.25, 0.3) is 0 Å². The molecule has 1 aliphatic rings. The van der Waals surface area contributed by atoms with E-state index in [2.05, 4.69) is 18.3 Å². The number of benzene rings is 1. The highest BCUT2D eigenvalue weighted by molar-refractivity contribution is 5.96. The van der Waals surface area contributed by atoms with Crippen LogP contribution in [0, 0.1) is 0 Å². The fourth-order valence-corrected chi connectivity index (χ4v) is 2.32. The van der Waals surface area contributed by atoms with Crippen LogP contribution < -0.4 is 10.2 Å². The topological polar surface area (TPSA) is 32.3 Å². The van der Waals surface area contributed by atoms with E-state index >= 15 is 0 Å². The highest BCUT2D eigenvalue weighted by Crippen LogP contribution is 2.28. The second-order valence-corrected chi connectivity index (χ2v) is 4.30. The summed E-state index contributed by atoms with van der Waals surface area (Å²) in [5, 5.41) is 3.12. The van der Waals surface area contributed by atoms with E-state index in [0.29, 0.717) is 6.42 Å². The minimum absolute atomic E-state index is 0.207. The Balaban J connectivity index is 2.33. The number of aryl methyl sites for hydroxylation is 1. The second-order valence-electron chi connectivity index (χ2n) is 4.30. The van der Waals surface area contributed by atoms with Crippen molar-refractivity contribution < 1.29 is 4.79 Å². The second kappa shape index (κ2) is 4.66. The van der Waals surface area contributed by atoms with Crippen LogP contribution in [0.4, 0.5) is 5.69 Å². The number of para-hydroxylation sites is 1. The minimum Gasteiger partial charge on any atom is -0.318 e. The summed E-state index contributed by atoms with van der Waals surface area (Å²) < 4.78 is 0. The van der Waals surface area contributed by atoms with E-state index in [0.717, 1.165) is 18.7 Å². The first-order valence-corrected chi connectivity index (χ1v) is 5.78. The van der Waals surface area contributed by atoms with Crippen molar-refractivity contribution in [3.05, 3.63) is 29.8 Å². The van der Waals surface area contributed by atoms with Crippen LogP contribution in [0.15, 0.2) is 24.3 Å². The molecular weight excluding hydrogens is 200 g/mol. The number of carbonyl (C=O) groups excluding carboxylic acids is 1. The number of nitrogens with zero attached hydrogens (tertiary/aromatic N) is 1. The van der Waals surface area contributed by atoms with Crippen molar-refractivity contribution >= 4 is 11.6 Å². The summed E-state index contributed by atoms with van der Waals surface area (Å²) in [6, 6.07) is 8.39. The van der Waals surface area contributed by atoms with Gasteiger partial charge in [-0.15, -0.1) is 0 Å². The predicted molar refractivity (Wildman–Crippen MR) is 65.6 cm³/mol. The molecule has 0 radical (unpaired) electrons. The van der Waals surface area contributed by atoms with Gasteiger partial charge in [0.15, 0.2) is 0 Å². The molecule has 0 aliphatic carbocycles. The number of rotatable bonds is 3. The summed E-state index contributed by atoms with van der Waals surface area (Å²) in [5.41, 5.74) is 2.37. The third-order valence-corrected chi connectivity index (χ3v) is 3.07. The van der Waals surface area contributed by atoms with Crippen LogP contribution in [0.3, 0.4) is 0 Å². The molecule has 0 aromatic heterocycles. The summed E-state index contributed by atoms with van der Waals surface area (Å²) in [5.74, 6) is 0.237. The number of likely N-dealkylation sites (N-methyl/N-ethyl adjacent to an activating group) is 1. The molecule has 86 valence electrons. The summed E-state index contributed by atoms with van der Waals surface area (Å²) in [7, 11) is 1.91. The molecule has 1 amide bonds. The van der Waals surface area contributed by atoms with Crippen molar-refractivity contribution in [2.24, 2.45) is 0 Å². The molecule has 16 heavy (non-hydrogen) atoms. The molecule has 0 spiro atoms. The number of anilines is 1. The maximum absolute atomic E-state index is 12.0. The lowest BCUT2D eigenvalue weighted by atomic mass is 9.99. The monoisotopic (exact) mass is 218 g/mol. The smallest absolute Gasteiger partial charge is 0.227 e. The number of carbonyl (C=O) groups is 1. The van der Waals surface area contributed by atoms with E-state index in [1.807, 2.05) is 30.1 Å². The predicted octanol–water partition coefficient (Wildman–Crippen LogP) is 1.57. The maximum atomic E-state index is 12.0. The molecule has 0 fully saturated rings. The quantitative estimate of drug-likeness (QED) is 0.835. The van der Waals surface area contributed by atoms with Crippen molar-refractivity contribution in [2.75, 3.05) is 18.5 Å². The van der Waals surface area contributed by atoms with Crippen molar-refractivity contribution in [1.82, 2.24) is 5.32 Å². The van der Waals surface area contributed by atoms with Gasteiger partial charge >= 0.3 is 0 Å². The van der Waals surface area contributed by atoms with Crippen LogP contribution >= 0.6 is 0 Å². The number of hydrogen-bond donors (Lipinski definition) is 1. The Bertz CT molecular complexity index is 389. The van der Waals surface area contributed by atoms with Gasteiger partial charge in [-0.25, -0.2) is 0 Å². The highest BCUT2D eigenvalue weighted by atomic mass is 16.2. The summed E-state index contributed by atoms with van der Waals surface area (Å²) in [6.07, 6.45) is 1.50. The Morgan fingerprint density at radius 1 is 1.38 bits per heavy atom. The van der Waals surface area contributed by atoms with Gasteiger partial charge < -0.3 is 10.2 Å². The van der Waals surface area contributed by atoms with Crippen molar-refractivity contribution in [3.8, 4) is 0 Å². The van der Waals surface area contributed by atoms with Crippen molar-refractivity contribution in [3.63, 3.8) is 0 Å². The van der Waals surface area contributed by atoms with Crippen LogP contribution in [-0.2, 0) is 11.2 Å². The molecule has 3 heteroatoms. The van der Waals surface area contributed by atoms with E-state index in [-0.39, 0.29) is 11.9 Å². The zero-order valence-electron chi connectivity index (χ0n) is 9.86. The van der Waals surface area contributed by atoms with Gasteiger partial charge in [0.05, 0.1) is 0 Å². The average molecular weight is 218 g/mol. The molecule has 1 heterocycles. The van der Waals surface area contributed by atoms with Gasteiger partial charge in [0.1, 0.15) is 0 Å². The first-order chi connectivity index (χ1) is 7.74. The SMILES string of the molecule is CNCC(C)N1C(=O)CCc2ccccc21. The lowest BCUT2D eigenvalue weighted by molar-refractivity contribution is -0.119. The van der Waals surface area contributed by atoms with Gasteiger partial charge in [0, 0.05) is 24.7 Å². The fourth-order valence-electron chi connectivity index (χ4n) is 2.32. The van der Waals surface area contributed by atoms with Gasteiger partial charge in [-0.2, -0.15) is 0 Å². The van der Waals surface area contributed by atoms with Gasteiger partial charge in [-0.05, 0) is 32.0 Å². The molecular formula is C13H18N2O. The lowest BCUT2D eigenvalue weighted by Crippen LogP contribution is -2.46. The fraction of sp³-hybridized carbons (Fsp3) is 0.462. The highest BCUT2D eigenvalue weighted by Gasteiger charge is 2.27. The lowest BCUT2D eigenvalue weighted by Gasteiger charge is -2.34. The van der Waals surface area contributed by atoms with E-state index in [4.69, 9.17) is 0 Å². The average Bonchev–Trinajstić information content (AvgIpc) is 2.29. The first-order valence-electron chi connectivity index (χ1n) is 5.78. The Labute approximate surface area is 96.5 Å². The molecule has 2 rings (SSSR count). The molecule has 3 nitrogen and oxygen atoms in total. The zero-order chi connectivity index (χ0) is 11.5. The molecule has 1 aromatic rings. The normalized spacial score (nSPS) is 17.1.